The fourth-order valence-corrected chi connectivity index (χ4v) is 3.51. The summed E-state index contributed by atoms with van der Waals surface area (Å²) in [6, 6.07) is 20.4. The largest absolute Gasteiger partial charge is 0.339 e. The van der Waals surface area contributed by atoms with Gasteiger partial charge in [-0.05, 0) is 30.4 Å². The molecule has 1 saturated heterocycles. The lowest BCUT2D eigenvalue weighted by atomic mass is 10.1. The molecule has 1 fully saturated rings. The van der Waals surface area contributed by atoms with Gasteiger partial charge in [0.05, 0.1) is 0 Å². The predicted molar refractivity (Wildman–Crippen MR) is 107 cm³/mol. The van der Waals surface area contributed by atoms with E-state index in [-0.39, 0.29) is 11.8 Å². The first kappa shape index (κ1) is 19.2. The average Bonchev–Trinajstić information content (AvgIpc) is 2.73. The quantitative estimate of drug-likeness (QED) is 0.756. The zero-order valence-electron chi connectivity index (χ0n) is 15.8. The summed E-state index contributed by atoms with van der Waals surface area (Å²) in [6.45, 7) is 2.61. The van der Waals surface area contributed by atoms with Crippen LogP contribution in [0.5, 0.6) is 0 Å². The van der Waals surface area contributed by atoms with Gasteiger partial charge in [-0.3, -0.25) is 9.59 Å². The van der Waals surface area contributed by atoms with Gasteiger partial charge in [0.15, 0.2) is 0 Å². The molecular weight excluding hydrogens is 336 g/mol. The summed E-state index contributed by atoms with van der Waals surface area (Å²) in [7, 11) is 0. The van der Waals surface area contributed by atoms with Crippen LogP contribution in [0, 0.1) is 0 Å². The van der Waals surface area contributed by atoms with Crippen molar-refractivity contribution in [1.29, 1.82) is 0 Å². The normalized spacial score (nSPS) is 14.2. The van der Waals surface area contributed by atoms with Crippen LogP contribution >= 0.6 is 0 Å². The number of hydrogen-bond donors (Lipinski definition) is 0. The predicted octanol–water partition coefficient (Wildman–Crippen LogP) is 3.31. The Hall–Kier alpha value is -2.62. The van der Waals surface area contributed by atoms with Crippen molar-refractivity contribution < 1.29 is 9.59 Å². The molecule has 0 bridgehead atoms. The van der Waals surface area contributed by atoms with Crippen molar-refractivity contribution in [3.63, 3.8) is 0 Å². The second-order valence-corrected chi connectivity index (χ2v) is 7.09. The summed E-state index contributed by atoms with van der Waals surface area (Å²) >= 11 is 0. The number of hydrogen-bond acceptors (Lipinski definition) is 2. The van der Waals surface area contributed by atoms with Crippen LogP contribution in [0.25, 0.3) is 0 Å². The van der Waals surface area contributed by atoms with Crippen molar-refractivity contribution in [2.45, 2.75) is 32.1 Å². The van der Waals surface area contributed by atoms with Crippen molar-refractivity contribution >= 4 is 11.8 Å². The second kappa shape index (κ2) is 9.91. The number of carbonyl (C=O) groups is 2. The Morgan fingerprint density at radius 3 is 1.59 bits per heavy atom. The third kappa shape index (κ3) is 5.95. The van der Waals surface area contributed by atoms with Crippen molar-refractivity contribution in [2.24, 2.45) is 0 Å². The van der Waals surface area contributed by atoms with Crippen LogP contribution in [0.2, 0.25) is 0 Å². The van der Waals surface area contributed by atoms with Gasteiger partial charge in [-0.25, -0.2) is 0 Å². The van der Waals surface area contributed by atoms with E-state index in [9.17, 15) is 9.59 Å². The molecule has 0 saturated carbocycles. The summed E-state index contributed by atoms with van der Waals surface area (Å²) in [6.07, 6.45) is 3.70. The highest BCUT2D eigenvalue weighted by molar-refractivity contribution is 5.78. The Bertz CT molecular complexity index is 723. The molecule has 2 amide bonds. The topological polar surface area (TPSA) is 40.6 Å². The van der Waals surface area contributed by atoms with Crippen molar-refractivity contribution in [3.05, 3.63) is 71.8 Å². The molecule has 2 aromatic rings. The van der Waals surface area contributed by atoms with E-state index >= 15 is 0 Å². The molecule has 142 valence electrons. The summed E-state index contributed by atoms with van der Waals surface area (Å²) in [5.41, 5.74) is 2.47. The van der Waals surface area contributed by atoms with E-state index in [1.54, 1.807) is 0 Å². The average molecular weight is 364 g/mol. The van der Waals surface area contributed by atoms with E-state index in [0.717, 1.165) is 19.3 Å². The first-order valence-corrected chi connectivity index (χ1v) is 9.86. The van der Waals surface area contributed by atoms with Crippen LogP contribution in [0.15, 0.2) is 60.7 Å². The molecule has 1 heterocycles. The minimum absolute atomic E-state index is 0.190. The molecule has 0 atom stereocenters. The highest BCUT2D eigenvalue weighted by Gasteiger charge is 2.23. The number of piperazine rings is 1. The van der Waals surface area contributed by atoms with Gasteiger partial charge in [-0.15, -0.1) is 0 Å². The van der Waals surface area contributed by atoms with Crippen LogP contribution in [0.4, 0.5) is 0 Å². The number of amides is 2. The van der Waals surface area contributed by atoms with Crippen LogP contribution < -0.4 is 0 Å². The fourth-order valence-electron chi connectivity index (χ4n) is 3.51. The third-order valence-corrected chi connectivity index (χ3v) is 5.15. The minimum Gasteiger partial charge on any atom is -0.339 e. The SMILES string of the molecule is O=C(CCCc1ccccc1)N1CCN(C(=O)CCc2ccccc2)CC1. The second-order valence-electron chi connectivity index (χ2n) is 7.09. The van der Waals surface area contributed by atoms with Gasteiger partial charge >= 0.3 is 0 Å². The molecule has 4 heteroatoms. The molecule has 0 spiro atoms. The Labute approximate surface area is 161 Å². The molecule has 1 aliphatic heterocycles. The number of aryl methyl sites for hydroxylation is 2. The van der Waals surface area contributed by atoms with E-state index in [1.807, 2.05) is 46.2 Å². The van der Waals surface area contributed by atoms with E-state index in [2.05, 4.69) is 24.3 Å². The number of carbonyl (C=O) groups excluding carboxylic acids is 2. The van der Waals surface area contributed by atoms with Gasteiger partial charge in [0.1, 0.15) is 0 Å². The van der Waals surface area contributed by atoms with Gasteiger partial charge < -0.3 is 9.80 Å². The summed E-state index contributed by atoms with van der Waals surface area (Å²) < 4.78 is 0. The van der Waals surface area contributed by atoms with Gasteiger partial charge in [0.2, 0.25) is 11.8 Å². The Morgan fingerprint density at radius 2 is 1.07 bits per heavy atom. The zero-order valence-corrected chi connectivity index (χ0v) is 15.8. The maximum atomic E-state index is 12.4. The van der Waals surface area contributed by atoms with Gasteiger partial charge in [-0.1, -0.05) is 60.7 Å². The maximum Gasteiger partial charge on any atom is 0.223 e. The smallest absolute Gasteiger partial charge is 0.223 e. The van der Waals surface area contributed by atoms with Crippen LogP contribution in [-0.4, -0.2) is 47.8 Å². The third-order valence-electron chi connectivity index (χ3n) is 5.15. The summed E-state index contributed by atoms with van der Waals surface area (Å²) in [5, 5.41) is 0. The van der Waals surface area contributed by atoms with Gasteiger partial charge in [-0.2, -0.15) is 0 Å². The summed E-state index contributed by atoms with van der Waals surface area (Å²) in [5.74, 6) is 0.400. The molecule has 1 aliphatic rings. The molecule has 0 radical (unpaired) electrons. The Balaban J connectivity index is 1.35. The lowest BCUT2D eigenvalue weighted by Crippen LogP contribution is -2.50. The monoisotopic (exact) mass is 364 g/mol. The maximum absolute atomic E-state index is 12.4. The van der Waals surface area contributed by atoms with E-state index in [1.165, 1.54) is 11.1 Å². The number of nitrogens with zero attached hydrogens (tertiary/aromatic N) is 2. The highest BCUT2D eigenvalue weighted by Crippen LogP contribution is 2.11. The van der Waals surface area contributed by atoms with Crippen molar-refractivity contribution in [3.8, 4) is 0 Å². The lowest BCUT2D eigenvalue weighted by molar-refractivity contribution is -0.139. The molecule has 3 rings (SSSR count). The minimum atomic E-state index is 0.190. The molecule has 0 unspecified atom stereocenters. The number of rotatable bonds is 7. The molecule has 2 aromatic carbocycles. The molecule has 0 aliphatic carbocycles. The van der Waals surface area contributed by atoms with E-state index in [0.29, 0.717) is 39.0 Å². The van der Waals surface area contributed by atoms with Gasteiger partial charge in [0, 0.05) is 39.0 Å². The van der Waals surface area contributed by atoms with Crippen LogP contribution in [-0.2, 0) is 22.4 Å². The van der Waals surface area contributed by atoms with Crippen molar-refractivity contribution in [1.82, 2.24) is 9.80 Å². The molecular formula is C23H28N2O2. The molecule has 0 aromatic heterocycles. The molecule has 27 heavy (non-hydrogen) atoms. The van der Waals surface area contributed by atoms with E-state index < -0.39 is 0 Å². The summed E-state index contributed by atoms with van der Waals surface area (Å²) in [4.78, 5) is 28.6. The van der Waals surface area contributed by atoms with E-state index in [4.69, 9.17) is 0 Å². The first-order valence-electron chi connectivity index (χ1n) is 9.86. The van der Waals surface area contributed by atoms with Gasteiger partial charge in [0.25, 0.3) is 0 Å². The standard InChI is InChI=1S/C23H28N2O2/c26-22(13-7-12-20-8-3-1-4-9-20)24-16-18-25(19-17-24)23(27)15-14-21-10-5-2-6-11-21/h1-6,8-11H,7,12-19H2. The first-order chi connectivity index (χ1) is 13.2. The fraction of sp³-hybridized carbons (Fsp3) is 0.391. The highest BCUT2D eigenvalue weighted by atomic mass is 16.2. The molecule has 4 nitrogen and oxygen atoms in total. The van der Waals surface area contributed by atoms with Crippen LogP contribution in [0.1, 0.15) is 30.4 Å². The zero-order chi connectivity index (χ0) is 18.9. The number of benzene rings is 2. The Morgan fingerprint density at radius 1 is 0.630 bits per heavy atom. The van der Waals surface area contributed by atoms with Crippen LogP contribution in [0.3, 0.4) is 0 Å². The lowest BCUT2D eigenvalue weighted by Gasteiger charge is -2.35. The Kier molecular flexibility index (Phi) is 7.03. The van der Waals surface area contributed by atoms with Crippen molar-refractivity contribution in [2.75, 3.05) is 26.2 Å². The molecule has 0 N–H and O–H groups in total.